The molecule has 1 aliphatic heterocycles. The van der Waals surface area contributed by atoms with E-state index in [4.69, 9.17) is 0 Å². The van der Waals surface area contributed by atoms with Crippen LogP contribution in [-0.2, 0) is 10.0 Å². The number of carbonyl (C=O) groups is 1. The van der Waals surface area contributed by atoms with E-state index >= 15 is 0 Å². The predicted octanol–water partition coefficient (Wildman–Crippen LogP) is 2.57. The van der Waals surface area contributed by atoms with Crippen LogP contribution in [-0.4, -0.2) is 50.1 Å². The van der Waals surface area contributed by atoms with Crippen LogP contribution >= 0.6 is 0 Å². The van der Waals surface area contributed by atoms with Crippen molar-refractivity contribution >= 4 is 15.8 Å². The Kier molecular flexibility index (Phi) is 5.03. The Balaban J connectivity index is 2.02. The SMILES string of the molecule is CC(=O)c1cccc(S(=O)(=O)N2CCN(C)CC2c2ccccc2)c1. The summed E-state index contributed by atoms with van der Waals surface area (Å²) < 4.78 is 28.1. The van der Waals surface area contributed by atoms with Crippen LogP contribution in [0, 0.1) is 0 Å². The highest BCUT2D eigenvalue weighted by molar-refractivity contribution is 7.89. The molecule has 0 bridgehead atoms. The molecule has 6 heteroatoms. The zero-order valence-electron chi connectivity index (χ0n) is 14.4. The minimum atomic E-state index is -3.68. The van der Waals surface area contributed by atoms with Gasteiger partial charge in [-0.05, 0) is 31.7 Å². The fraction of sp³-hybridized carbons (Fsp3) is 0.316. The lowest BCUT2D eigenvalue weighted by Crippen LogP contribution is -2.49. The standard InChI is InChI=1S/C19H22N2O3S/c1-15(22)17-9-6-10-18(13-17)25(23,24)21-12-11-20(2)14-19(21)16-7-4-3-5-8-16/h3-10,13,19H,11-12,14H2,1-2H3. The Morgan fingerprint density at radius 1 is 1.04 bits per heavy atom. The number of nitrogens with zero attached hydrogens (tertiary/aromatic N) is 2. The number of rotatable bonds is 4. The number of likely N-dealkylation sites (N-methyl/N-ethyl adjacent to an activating group) is 1. The third kappa shape index (κ3) is 3.66. The number of hydrogen-bond donors (Lipinski definition) is 0. The maximum atomic E-state index is 13.2. The maximum Gasteiger partial charge on any atom is 0.243 e. The van der Waals surface area contributed by atoms with Crippen LogP contribution in [0.15, 0.2) is 59.5 Å². The molecular weight excluding hydrogens is 336 g/mol. The molecule has 132 valence electrons. The van der Waals surface area contributed by atoms with Crippen LogP contribution in [0.2, 0.25) is 0 Å². The van der Waals surface area contributed by atoms with Crippen LogP contribution in [0.4, 0.5) is 0 Å². The second kappa shape index (κ2) is 7.07. The van der Waals surface area contributed by atoms with E-state index in [-0.39, 0.29) is 16.7 Å². The molecule has 5 nitrogen and oxygen atoms in total. The predicted molar refractivity (Wildman–Crippen MR) is 97.0 cm³/mol. The van der Waals surface area contributed by atoms with Gasteiger partial charge in [0.25, 0.3) is 0 Å². The summed E-state index contributed by atoms with van der Waals surface area (Å²) in [6, 6.07) is 15.7. The summed E-state index contributed by atoms with van der Waals surface area (Å²) >= 11 is 0. The first-order valence-electron chi connectivity index (χ1n) is 8.26. The van der Waals surface area contributed by atoms with Gasteiger partial charge in [0.05, 0.1) is 10.9 Å². The fourth-order valence-corrected chi connectivity index (χ4v) is 4.79. The molecule has 1 aliphatic rings. The summed E-state index contributed by atoms with van der Waals surface area (Å²) in [6.07, 6.45) is 0. The van der Waals surface area contributed by atoms with E-state index < -0.39 is 10.0 Å². The van der Waals surface area contributed by atoms with Gasteiger partial charge in [-0.2, -0.15) is 4.31 Å². The number of benzene rings is 2. The smallest absolute Gasteiger partial charge is 0.243 e. The third-order valence-corrected chi connectivity index (χ3v) is 6.47. The lowest BCUT2D eigenvalue weighted by Gasteiger charge is -2.39. The molecule has 2 aromatic rings. The molecule has 2 aromatic carbocycles. The minimum Gasteiger partial charge on any atom is -0.303 e. The van der Waals surface area contributed by atoms with Crippen molar-refractivity contribution in [2.75, 3.05) is 26.7 Å². The molecule has 1 saturated heterocycles. The van der Waals surface area contributed by atoms with E-state index in [0.717, 1.165) is 5.56 Å². The van der Waals surface area contributed by atoms with Gasteiger partial charge in [-0.1, -0.05) is 42.5 Å². The van der Waals surface area contributed by atoms with Crippen molar-refractivity contribution in [2.24, 2.45) is 0 Å². The summed E-state index contributed by atoms with van der Waals surface area (Å²) in [4.78, 5) is 13.9. The minimum absolute atomic E-state index is 0.143. The Bertz CT molecular complexity index is 865. The van der Waals surface area contributed by atoms with Crippen molar-refractivity contribution in [3.05, 3.63) is 65.7 Å². The fourth-order valence-electron chi connectivity index (χ4n) is 3.15. The molecule has 0 spiro atoms. The number of hydrogen-bond acceptors (Lipinski definition) is 4. The second-order valence-corrected chi connectivity index (χ2v) is 8.28. The van der Waals surface area contributed by atoms with Crippen molar-refractivity contribution in [3.63, 3.8) is 0 Å². The molecule has 1 fully saturated rings. The highest BCUT2D eigenvalue weighted by atomic mass is 32.2. The average molecular weight is 358 g/mol. The van der Waals surface area contributed by atoms with Gasteiger partial charge in [-0.25, -0.2) is 8.42 Å². The van der Waals surface area contributed by atoms with E-state index in [1.807, 2.05) is 37.4 Å². The third-order valence-electron chi connectivity index (χ3n) is 4.57. The highest BCUT2D eigenvalue weighted by Gasteiger charge is 2.36. The monoisotopic (exact) mass is 358 g/mol. The second-order valence-electron chi connectivity index (χ2n) is 6.39. The van der Waals surface area contributed by atoms with Gasteiger partial charge >= 0.3 is 0 Å². The van der Waals surface area contributed by atoms with Crippen LogP contribution in [0.1, 0.15) is 28.9 Å². The topological polar surface area (TPSA) is 57.7 Å². The Morgan fingerprint density at radius 3 is 2.44 bits per heavy atom. The summed E-state index contributed by atoms with van der Waals surface area (Å²) in [5.41, 5.74) is 1.38. The van der Waals surface area contributed by atoms with Crippen molar-refractivity contribution in [3.8, 4) is 0 Å². The van der Waals surface area contributed by atoms with Gasteiger partial charge in [0.2, 0.25) is 10.0 Å². The van der Waals surface area contributed by atoms with Gasteiger partial charge in [-0.3, -0.25) is 4.79 Å². The molecule has 0 aromatic heterocycles. The zero-order chi connectivity index (χ0) is 18.0. The Hall–Kier alpha value is -2.02. The average Bonchev–Trinajstić information content (AvgIpc) is 2.62. The first-order chi connectivity index (χ1) is 11.9. The summed E-state index contributed by atoms with van der Waals surface area (Å²) in [7, 11) is -1.69. The Morgan fingerprint density at radius 2 is 1.76 bits per heavy atom. The molecule has 0 aliphatic carbocycles. The van der Waals surface area contributed by atoms with Crippen molar-refractivity contribution in [1.82, 2.24) is 9.21 Å². The molecule has 1 unspecified atom stereocenters. The number of carbonyl (C=O) groups excluding carboxylic acids is 1. The number of ketones is 1. The normalized spacial score (nSPS) is 19.7. The van der Waals surface area contributed by atoms with Gasteiger partial charge in [0.15, 0.2) is 5.78 Å². The lowest BCUT2D eigenvalue weighted by atomic mass is 10.1. The Labute approximate surface area is 148 Å². The molecule has 25 heavy (non-hydrogen) atoms. The number of Topliss-reactive ketones (excluding diaryl/α,β-unsaturated/α-hetero) is 1. The number of piperazine rings is 1. The lowest BCUT2D eigenvalue weighted by molar-refractivity contribution is 0.101. The highest BCUT2D eigenvalue weighted by Crippen LogP contribution is 2.31. The molecular formula is C19H22N2O3S. The molecule has 0 radical (unpaired) electrons. The van der Waals surface area contributed by atoms with Crippen LogP contribution in [0.3, 0.4) is 0 Å². The maximum absolute atomic E-state index is 13.2. The van der Waals surface area contributed by atoms with Crippen molar-refractivity contribution < 1.29 is 13.2 Å². The van der Waals surface area contributed by atoms with E-state index in [9.17, 15) is 13.2 Å². The van der Waals surface area contributed by atoms with E-state index in [2.05, 4.69) is 4.90 Å². The van der Waals surface area contributed by atoms with Crippen molar-refractivity contribution in [1.29, 1.82) is 0 Å². The van der Waals surface area contributed by atoms with E-state index in [1.165, 1.54) is 13.0 Å². The van der Waals surface area contributed by atoms with Gasteiger partial charge in [-0.15, -0.1) is 0 Å². The zero-order valence-corrected chi connectivity index (χ0v) is 15.2. The molecule has 1 heterocycles. The summed E-state index contributed by atoms with van der Waals surface area (Å²) in [5.74, 6) is -0.143. The van der Waals surface area contributed by atoms with Gasteiger partial charge < -0.3 is 4.90 Å². The number of sulfonamides is 1. The first kappa shape index (κ1) is 17.8. The molecule has 3 rings (SSSR count). The van der Waals surface area contributed by atoms with Crippen LogP contribution in [0.25, 0.3) is 0 Å². The largest absolute Gasteiger partial charge is 0.303 e. The molecule has 1 atom stereocenters. The molecule has 0 amide bonds. The van der Waals surface area contributed by atoms with Crippen molar-refractivity contribution in [2.45, 2.75) is 17.9 Å². The molecule has 0 N–H and O–H groups in total. The first-order valence-corrected chi connectivity index (χ1v) is 9.70. The van der Waals surface area contributed by atoms with E-state index in [1.54, 1.807) is 22.5 Å². The summed E-state index contributed by atoms with van der Waals surface area (Å²) in [6.45, 7) is 3.17. The van der Waals surface area contributed by atoms with Crippen LogP contribution < -0.4 is 0 Å². The summed E-state index contributed by atoms with van der Waals surface area (Å²) in [5, 5.41) is 0. The van der Waals surface area contributed by atoms with E-state index in [0.29, 0.717) is 25.2 Å². The quantitative estimate of drug-likeness (QED) is 0.788. The molecule has 0 saturated carbocycles. The van der Waals surface area contributed by atoms with Gasteiger partial charge in [0, 0.05) is 25.2 Å². The van der Waals surface area contributed by atoms with Crippen LogP contribution in [0.5, 0.6) is 0 Å². The van der Waals surface area contributed by atoms with Gasteiger partial charge in [0.1, 0.15) is 0 Å².